The molecule has 1 rings (SSSR count). The number of ether oxygens (including phenoxy) is 1. The predicted octanol–water partition coefficient (Wildman–Crippen LogP) is 2.83. The molecule has 0 aliphatic rings. The van der Waals surface area contributed by atoms with Gasteiger partial charge in [0, 0.05) is 17.6 Å². The molecule has 0 spiro atoms. The van der Waals surface area contributed by atoms with E-state index in [2.05, 4.69) is 4.36 Å². The summed E-state index contributed by atoms with van der Waals surface area (Å²) in [5.74, 6) is 1.91. The molecule has 0 N–H and O–H groups in total. The van der Waals surface area contributed by atoms with Gasteiger partial charge in [-0.05, 0) is 12.1 Å². The highest BCUT2D eigenvalue weighted by atomic mass is 32.2. The zero-order chi connectivity index (χ0) is 11.3. The van der Waals surface area contributed by atoms with Crippen molar-refractivity contribution in [2.75, 3.05) is 18.6 Å². The lowest BCUT2D eigenvalue weighted by Crippen LogP contribution is -2.04. The van der Waals surface area contributed by atoms with E-state index >= 15 is 0 Å². The number of hydrogen-bond donors (Lipinski definition) is 0. The van der Waals surface area contributed by atoms with Crippen LogP contribution >= 0.6 is 0 Å². The van der Waals surface area contributed by atoms with Gasteiger partial charge in [0.05, 0.1) is 22.5 Å². The summed E-state index contributed by atoms with van der Waals surface area (Å²) in [6.07, 6.45) is 0. The summed E-state index contributed by atoms with van der Waals surface area (Å²) < 4.78 is 21.5. The Hall–Kier alpha value is -1.03. The highest BCUT2D eigenvalue weighted by Gasteiger charge is 2.03. The Morgan fingerprint density at radius 2 is 2.00 bits per heavy atom. The maximum atomic E-state index is 12.1. The molecule has 0 unspecified atom stereocenters. The van der Waals surface area contributed by atoms with Crippen molar-refractivity contribution >= 4 is 15.4 Å². The zero-order valence-corrected chi connectivity index (χ0v) is 10.2. The summed E-state index contributed by atoms with van der Waals surface area (Å²) in [7, 11) is -0.466. The van der Waals surface area contributed by atoms with Crippen LogP contribution in [-0.2, 0) is 9.73 Å². The number of methoxy groups -OCH3 is 1. The third-order valence-corrected chi connectivity index (χ3v) is 4.58. The largest absolute Gasteiger partial charge is 0.497 e. The molecule has 15 heavy (non-hydrogen) atoms. The number of benzene rings is 1. The van der Waals surface area contributed by atoms with Crippen LogP contribution in [0.15, 0.2) is 28.6 Å². The lowest BCUT2D eigenvalue weighted by Gasteiger charge is -2.05. The lowest BCUT2D eigenvalue weighted by molar-refractivity contribution is 0.415. The van der Waals surface area contributed by atoms with Gasteiger partial charge in [-0.2, -0.15) is 4.36 Å². The standard InChI is InChI=1S/C11H17NO2S/c1-4-15(13,5-2)12-10-7-6-8-11(9-10)14-3/h6-9H,4-5H2,1-3H3. The summed E-state index contributed by atoms with van der Waals surface area (Å²) >= 11 is 0. The average molecular weight is 227 g/mol. The van der Waals surface area contributed by atoms with Crippen LogP contribution in [0.3, 0.4) is 0 Å². The van der Waals surface area contributed by atoms with Crippen LogP contribution in [0.2, 0.25) is 0 Å². The minimum absolute atomic E-state index is 0.584. The first-order valence-electron chi connectivity index (χ1n) is 5.00. The van der Waals surface area contributed by atoms with E-state index < -0.39 is 9.73 Å². The molecule has 1 aromatic carbocycles. The van der Waals surface area contributed by atoms with Crippen LogP contribution in [0.1, 0.15) is 13.8 Å². The molecular formula is C11H17NO2S. The molecule has 0 saturated carbocycles. The van der Waals surface area contributed by atoms with Gasteiger partial charge in [0.25, 0.3) is 0 Å². The van der Waals surface area contributed by atoms with Crippen molar-refractivity contribution < 1.29 is 8.95 Å². The molecule has 0 radical (unpaired) electrons. The minimum atomic E-state index is -2.07. The van der Waals surface area contributed by atoms with Gasteiger partial charge in [-0.15, -0.1) is 0 Å². The van der Waals surface area contributed by atoms with Gasteiger partial charge in [0.15, 0.2) is 0 Å². The molecular weight excluding hydrogens is 210 g/mol. The molecule has 0 atom stereocenters. The highest BCUT2D eigenvalue weighted by molar-refractivity contribution is 7.93. The Kier molecular flexibility index (Phi) is 4.15. The molecule has 0 aliphatic carbocycles. The Morgan fingerprint density at radius 1 is 1.33 bits per heavy atom. The molecule has 0 saturated heterocycles. The SMILES string of the molecule is CCS(=O)(CC)=Nc1cccc(OC)c1. The molecule has 84 valence electrons. The Labute approximate surface area is 91.6 Å². The quantitative estimate of drug-likeness (QED) is 0.793. The monoisotopic (exact) mass is 227 g/mol. The van der Waals surface area contributed by atoms with Gasteiger partial charge in [0.1, 0.15) is 5.75 Å². The van der Waals surface area contributed by atoms with E-state index in [0.717, 1.165) is 11.4 Å². The molecule has 0 amide bonds. The first-order valence-corrected chi connectivity index (χ1v) is 6.85. The third kappa shape index (κ3) is 3.23. The average Bonchev–Trinajstić information content (AvgIpc) is 2.29. The fraction of sp³-hybridized carbons (Fsp3) is 0.455. The summed E-state index contributed by atoms with van der Waals surface area (Å²) in [5, 5.41) is 0. The van der Waals surface area contributed by atoms with E-state index in [9.17, 15) is 4.21 Å². The fourth-order valence-electron chi connectivity index (χ4n) is 1.19. The van der Waals surface area contributed by atoms with Gasteiger partial charge in [-0.3, -0.25) is 0 Å². The Bertz CT molecular complexity index is 424. The predicted molar refractivity (Wildman–Crippen MR) is 64.3 cm³/mol. The molecule has 0 aromatic heterocycles. The van der Waals surface area contributed by atoms with E-state index in [-0.39, 0.29) is 0 Å². The van der Waals surface area contributed by atoms with Crippen LogP contribution < -0.4 is 4.74 Å². The van der Waals surface area contributed by atoms with Gasteiger partial charge in [-0.1, -0.05) is 19.9 Å². The smallest absolute Gasteiger partial charge is 0.121 e. The number of rotatable bonds is 4. The van der Waals surface area contributed by atoms with Gasteiger partial charge >= 0.3 is 0 Å². The summed E-state index contributed by atoms with van der Waals surface area (Å²) in [6, 6.07) is 7.33. The van der Waals surface area contributed by atoms with E-state index in [1.165, 1.54) is 0 Å². The summed E-state index contributed by atoms with van der Waals surface area (Å²) in [5.41, 5.74) is 0.725. The molecule has 4 heteroatoms. The third-order valence-electron chi connectivity index (χ3n) is 2.23. The maximum Gasteiger partial charge on any atom is 0.121 e. The maximum absolute atomic E-state index is 12.1. The molecule has 0 bridgehead atoms. The van der Waals surface area contributed by atoms with Gasteiger partial charge in [-0.25, -0.2) is 4.21 Å². The van der Waals surface area contributed by atoms with Crippen molar-refractivity contribution in [2.45, 2.75) is 13.8 Å². The first kappa shape index (κ1) is 12.0. The van der Waals surface area contributed by atoms with E-state index in [0.29, 0.717) is 11.5 Å². The highest BCUT2D eigenvalue weighted by Crippen LogP contribution is 2.21. The lowest BCUT2D eigenvalue weighted by atomic mass is 10.3. The van der Waals surface area contributed by atoms with Crippen LogP contribution in [0, 0.1) is 0 Å². The normalized spacial score (nSPS) is 11.1. The van der Waals surface area contributed by atoms with E-state index in [4.69, 9.17) is 4.74 Å². The van der Waals surface area contributed by atoms with Crippen molar-refractivity contribution in [2.24, 2.45) is 4.36 Å². The second-order valence-electron chi connectivity index (χ2n) is 3.14. The fourth-order valence-corrected chi connectivity index (χ4v) is 2.36. The molecule has 0 aliphatic heterocycles. The van der Waals surface area contributed by atoms with Crippen molar-refractivity contribution in [1.82, 2.24) is 0 Å². The molecule has 3 nitrogen and oxygen atoms in total. The van der Waals surface area contributed by atoms with Gasteiger partial charge in [0.2, 0.25) is 0 Å². The van der Waals surface area contributed by atoms with Crippen molar-refractivity contribution in [3.05, 3.63) is 24.3 Å². The summed E-state index contributed by atoms with van der Waals surface area (Å²) in [4.78, 5) is 0. The van der Waals surface area contributed by atoms with Crippen LogP contribution in [0.25, 0.3) is 0 Å². The van der Waals surface area contributed by atoms with Crippen molar-refractivity contribution in [3.63, 3.8) is 0 Å². The second kappa shape index (κ2) is 5.16. The minimum Gasteiger partial charge on any atom is -0.497 e. The molecule has 1 aromatic rings. The van der Waals surface area contributed by atoms with Crippen molar-refractivity contribution in [3.8, 4) is 5.75 Å². The topological polar surface area (TPSA) is 38.7 Å². The number of hydrogen-bond acceptors (Lipinski definition) is 3. The van der Waals surface area contributed by atoms with Crippen LogP contribution in [0.4, 0.5) is 5.69 Å². The molecule has 0 heterocycles. The molecule has 0 fully saturated rings. The summed E-state index contributed by atoms with van der Waals surface area (Å²) in [6.45, 7) is 3.80. The Morgan fingerprint density at radius 3 is 2.53 bits per heavy atom. The first-order chi connectivity index (χ1) is 7.13. The van der Waals surface area contributed by atoms with Crippen molar-refractivity contribution in [1.29, 1.82) is 0 Å². The van der Waals surface area contributed by atoms with E-state index in [1.807, 2.05) is 32.0 Å². The van der Waals surface area contributed by atoms with Crippen LogP contribution in [0.5, 0.6) is 5.75 Å². The van der Waals surface area contributed by atoms with Gasteiger partial charge < -0.3 is 4.74 Å². The Balaban J connectivity index is 3.12. The van der Waals surface area contributed by atoms with E-state index in [1.54, 1.807) is 13.2 Å². The van der Waals surface area contributed by atoms with Crippen LogP contribution in [-0.4, -0.2) is 22.8 Å². The zero-order valence-electron chi connectivity index (χ0n) is 9.40. The second-order valence-corrected chi connectivity index (χ2v) is 6.03. The number of nitrogens with zero attached hydrogens (tertiary/aromatic N) is 1.